The van der Waals surface area contributed by atoms with Gasteiger partial charge in [-0.1, -0.05) is 0 Å². The van der Waals surface area contributed by atoms with Crippen molar-refractivity contribution >= 4 is 29.3 Å². The highest BCUT2D eigenvalue weighted by Crippen LogP contribution is 2.40. The first-order valence-corrected chi connectivity index (χ1v) is 12.0. The number of aryl methyl sites for hydroxylation is 1. The molecule has 1 unspecified atom stereocenters. The lowest BCUT2D eigenvalue weighted by Gasteiger charge is -2.46. The Morgan fingerprint density at radius 3 is 2.71 bits per heavy atom. The van der Waals surface area contributed by atoms with Crippen LogP contribution in [0.2, 0.25) is 0 Å². The molecule has 4 rings (SSSR count). The van der Waals surface area contributed by atoms with E-state index in [1.807, 2.05) is 10.2 Å². The lowest BCUT2D eigenvalue weighted by Crippen LogP contribution is -2.56. The lowest BCUT2D eigenvalue weighted by atomic mass is 9.99. The van der Waals surface area contributed by atoms with Gasteiger partial charge in [0.15, 0.2) is 5.82 Å². The molecule has 0 saturated carbocycles. The molecule has 0 aliphatic carbocycles. The number of aliphatic hydroxyl groups is 2. The van der Waals surface area contributed by atoms with Gasteiger partial charge in [-0.05, 0) is 38.8 Å². The van der Waals surface area contributed by atoms with E-state index in [9.17, 15) is 27.9 Å². The minimum atomic E-state index is -4.64. The molecule has 0 spiro atoms. The number of nitrogens with zero attached hydrogens (tertiary/aromatic N) is 5. The van der Waals surface area contributed by atoms with Gasteiger partial charge in [-0.25, -0.2) is 19.7 Å². The van der Waals surface area contributed by atoms with Crippen molar-refractivity contribution in [2.24, 2.45) is 0 Å². The number of hydrogen-bond acceptors (Lipinski definition) is 9. The number of pyridine rings is 1. The lowest BCUT2D eigenvalue weighted by molar-refractivity contribution is -0.149. The van der Waals surface area contributed by atoms with E-state index in [1.54, 1.807) is 6.92 Å². The Morgan fingerprint density at radius 2 is 2.05 bits per heavy atom. The molecule has 3 atom stereocenters. The molecule has 0 radical (unpaired) electrons. The Morgan fingerprint density at radius 1 is 1.29 bits per heavy atom. The third-order valence-corrected chi connectivity index (χ3v) is 6.23. The number of carbonyl (C=O) groups excluding carboxylic acids is 2. The predicted octanol–water partition coefficient (Wildman–Crippen LogP) is 1.61. The summed E-state index contributed by atoms with van der Waals surface area (Å²) in [6.45, 7) is 3.04. The smallest absolute Gasteiger partial charge is 0.408 e. The fourth-order valence-corrected chi connectivity index (χ4v) is 4.29. The summed E-state index contributed by atoms with van der Waals surface area (Å²) >= 11 is 0. The molecule has 12 nitrogen and oxygen atoms in total. The summed E-state index contributed by atoms with van der Waals surface area (Å²) in [5, 5.41) is 22.8. The van der Waals surface area contributed by atoms with Crippen LogP contribution in [0.1, 0.15) is 36.1 Å². The number of aliphatic hydroxyl groups excluding tert-OH is 2. The number of alkyl halides is 3. The summed E-state index contributed by atoms with van der Waals surface area (Å²) in [6.07, 6.45) is -2.89. The maximum absolute atomic E-state index is 13.4. The van der Waals surface area contributed by atoms with Crippen molar-refractivity contribution in [3.8, 4) is 5.75 Å². The van der Waals surface area contributed by atoms with Gasteiger partial charge in [-0.2, -0.15) is 13.2 Å². The first kappa shape index (κ1) is 27.3. The van der Waals surface area contributed by atoms with Crippen LogP contribution in [0.15, 0.2) is 18.3 Å². The fourth-order valence-electron chi connectivity index (χ4n) is 4.29. The molecule has 206 valence electrons. The van der Waals surface area contributed by atoms with E-state index in [0.717, 1.165) is 13.3 Å². The fraction of sp³-hybridized carbons (Fsp3) is 0.522. The van der Waals surface area contributed by atoms with E-state index in [-0.39, 0.29) is 24.3 Å². The number of carbonyl (C=O) groups is 2. The van der Waals surface area contributed by atoms with Gasteiger partial charge in [0.2, 0.25) is 5.82 Å². The van der Waals surface area contributed by atoms with E-state index in [1.165, 1.54) is 23.2 Å². The largest absolute Gasteiger partial charge is 0.489 e. The second-order valence-electron chi connectivity index (χ2n) is 9.11. The number of piperidine rings is 1. The summed E-state index contributed by atoms with van der Waals surface area (Å²) in [5.74, 6) is -0.938. The Bertz CT molecular complexity index is 1180. The van der Waals surface area contributed by atoms with Crippen LogP contribution in [-0.4, -0.2) is 87.8 Å². The normalized spacial score (nSPS) is 18.3. The highest BCUT2D eigenvalue weighted by molar-refractivity contribution is 6.04. The van der Waals surface area contributed by atoms with E-state index < -0.39 is 42.7 Å². The summed E-state index contributed by atoms with van der Waals surface area (Å²) < 4.78 is 44.2. The Labute approximate surface area is 215 Å². The van der Waals surface area contributed by atoms with Crippen LogP contribution >= 0.6 is 0 Å². The first-order chi connectivity index (χ1) is 18.0. The van der Waals surface area contributed by atoms with E-state index >= 15 is 0 Å². The molecular weight excluding hydrogens is 511 g/mol. The number of halogens is 3. The molecule has 1 fully saturated rings. The molecule has 38 heavy (non-hydrogen) atoms. The maximum atomic E-state index is 13.4. The predicted molar refractivity (Wildman–Crippen MR) is 129 cm³/mol. The molecule has 0 aromatic carbocycles. The number of urea groups is 1. The van der Waals surface area contributed by atoms with E-state index in [0.29, 0.717) is 36.6 Å². The summed E-state index contributed by atoms with van der Waals surface area (Å²) in [4.78, 5) is 41.9. The Balaban J connectivity index is 1.58. The average Bonchev–Trinajstić information content (AvgIpc) is 2.87. The number of ether oxygens (including phenoxy) is 1. The van der Waals surface area contributed by atoms with Crippen molar-refractivity contribution in [2.75, 3.05) is 41.4 Å². The average molecular weight is 540 g/mol. The van der Waals surface area contributed by atoms with Crippen LogP contribution in [0.25, 0.3) is 0 Å². The quantitative estimate of drug-likeness (QED) is 0.411. The number of nitrogens with one attached hydrogen (secondary N) is 2. The molecule has 15 heteroatoms. The summed E-state index contributed by atoms with van der Waals surface area (Å²) in [5.41, 5.74) is 0.901. The SMILES string of the molecule is Cc1nc(C(=O)N[C@H](C)C(F)(F)F)nc2c1N1CCCC(C1)N2C(=O)Nc1ccc(OC[C@@H](O)CO)cn1. The Kier molecular flexibility index (Phi) is 7.87. The zero-order valence-electron chi connectivity index (χ0n) is 20.7. The first-order valence-electron chi connectivity index (χ1n) is 12.0. The minimum Gasteiger partial charge on any atom is -0.489 e. The van der Waals surface area contributed by atoms with Crippen molar-refractivity contribution in [3.05, 3.63) is 29.8 Å². The van der Waals surface area contributed by atoms with Gasteiger partial charge in [0.05, 0.1) is 24.5 Å². The number of fused-ring (bicyclic) bond motifs is 4. The molecule has 2 aromatic rings. The second-order valence-corrected chi connectivity index (χ2v) is 9.11. The van der Waals surface area contributed by atoms with Gasteiger partial charge in [0, 0.05) is 13.1 Å². The van der Waals surface area contributed by atoms with Crippen molar-refractivity contribution < 1.29 is 37.7 Å². The van der Waals surface area contributed by atoms with Crippen molar-refractivity contribution in [1.29, 1.82) is 0 Å². The molecular formula is C23H28F3N7O5. The maximum Gasteiger partial charge on any atom is 0.408 e. The third-order valence-electron chi connectivity index (χ3n) is 6.23. The molecule has 3 amide bonds. The molecule has 1 saturated heterocycles. The number of amides is 3. The summed E-state index contributed by atoms with van der Waals surface area (Å²) in [6, 6.07) is 0.0259. The number of aromatic nitrogens is 3. The van der Waals surface area contributed by atoms with E-state index in [2.05, 4.69) is 20.3 Å². The van der Waals surface area contributed by atoms with Crippen LogP contribution in [0, 0.1) is 6.92 Å². The van der Waals surface area contributed by atoms with Crippen LogP contribution in [0.4, 0.5) is 35.3 Å². The van der Waals surface area contributed by atoms with Crippen LogP contribution in [-0.2, 0) is 0 Å². The van der Waals surface area contributed by atoms with E-state index in [4.69, 9.17) is 9.84 Å². The zero-order chi connectivity index (χ0) is 27.6. The van der Waals surface area contributed by atoms with Crippen LogP contribution in [0.3, 0.4) is 0 Å². The van der Waals surface area contributed by atoms with Gasteiger partial charge in [0.1, 0.15) is 36.0 Å². The van der Waals surface area contributed by atoms with Gasteiger partial charge in [-0.3, -0.25) is 15.0 Å². The molecule has 2 bridgehead atoms. The van der Waals surface area contributed by atoms with Crippen molar-refractivity contribution in [1.82, 2.24) is 20.3 Å². The highest BCUT2D eigenvalue weighted by atomic mass is 19.4. The van der Waals surface area contributed by atoms with Gasteiger partial charge in [-0.15, -0.1) is 0 Å². The van der Waals surface area contributed by atoms with Crippen LogP contribution in [0.5, 0.6) is 5.75 Å². The Hall–Kier alpha value is -3.72. The molecule has 4 heterocycles. The van der Waals surface area contributed by atoms with Gasteiger partial charge < -0.3 is 25.2 Å². The van der Waals surface area contributed by atoms with Crippen molar-refractivity contribution in [3.63, 3.8) is 0 Å². The number of hydrogen-bond donors (Lipinski definition) is 4. The number of anilines is 3. The monoisotopic (exact) mass is 539 g/mol. The highest BCUT2D eigenvalue weighted by Gasteiger charge is 2.41. The molecule has 4 N–H and O–H groups in total. The molecule has 2 aliphatic rings. The topological polar surface area (TPSA) is 153 Å². The zero-order valence-corrected chi connectivity index (χ0v) is 20.7. The third kappa shape index (κ3) is 5.88. The molecule has 2 aromatic heterocycles. The number of rotatable bonds is 7. The van der Waals surface area contributed by atoms with Crippen molar-refractivity contribution in [2.45, 2.75) is 51.1 Å². The van der Waals surface area contributed by atoms with Gasteiger partial charge in [0.25, 0.3) is 5.91 Å². The minimum absolute atomic E-state index is 0.133. The standard InChI is InChI=1S/C23H28F3N7O5/c1-12-18-20(31-19(28-12)21(36)29-13(2)23(24,25)26)33(14-4-3-7-32(18)9-14)22(37)30-17-6-5-16(8-27-17)38-11-15(35)10-34/h5-6,8,13-15,34-35H,3-4,7,9-11H2,1-2H3,(H,29,36)(H,27,30,37)/t13-,14?,15+/m1/s1. The van der Waals surface area contributed by atoms with Crippen LogP contribution < -0.4 is 25.2 Å². The summed E-state index contributed by atoms with van der Waals surface area (Å²) in [7, 11) is 0. The molecule has 2 aliphatic heterocycles. The second kappa shape index (κ2) is 10.9. The van der Waals surface area contributed by atoms with Gasteiger partial charge >= 0.3 is 12.2 Å².